The van der Waals surface area contributed by atoms with Crippen molar-refractivity contribution in [3.8, 4) is 0 Å². The minimum Gasteiger partial charge on any atom is -0.461 e. The quantitative estimate of drug-likeness (QED) is 0.189. The summed E-state index contributed by atoms with van der Waals surface area (Å²) in [6, 6.07) is -0.521. The van der Waals surface area contributed by atoms with Crippen LogP contribution in [0.2, 0.25) is 0 Å². The van der Waals surface area contributed by atoms with Crippen LogP contribution in [0.1, 0.15) is 111 Å². The molecule has 0 rings (SSSR count). The molecule has 0 heterocycles. The fourth-order valence-corrected chi connectivity index (χ4v) is 3.22. The Hall–Kier alpha value is -1.06. The van der Waals surface area contributed by atoms with E-state index in [4.69, 9.17) is 4.74 Å². The van der Waals surface area contributed by atoms with Crippen LogP contribution in [0.3, 0.4) is 0 Å². The molecule has 0 fully saturated rings. The van der Waals surface area contributed by atoms with Crippen LogP contribution in [0, 0.1) is 5.92 Å². The van der Waals surface area contributed by atoms with Crippen molar-refractivity contribution in [3.63, 3.8) is 0 Å². The van der Waals surface area contributed by atoms with Crippen LogP contribution in [0.15, 0.2) is 0 Å². The first kappa shape index (κ1) is 24.9. The van der Waals surface area contributed by atoms with E-state index >= 15 is 0 Å². The Morgan fingerprint density at radius 2 is 1.38 bits per heavy atom. The molecule has 0 spiro atoms. The van der Waals surface area contributed by atoms with E-state index in [1.165, 1.54) is 64.2 Å². The zero-order valence-corrected chi connectivity index (χ0v) is 17.7. The predicted octanol–water partition coefficient (Wildman–Crippen LogP) is 5.78. The molecule has 0 aromatic heterocycles. The number of hydrogen-bond acceptors (Lipinski definition) is 3. The summed E-state index contributed by atoms with van der Waals surface area (Å²) in [5.41, 5.74) is 0. The average molecular weight is 370 g/mol. The number of rotatable bonds is 18. The Morgan fingerprint density at radius 3 is 1.85 bits per heavy atom. The van der Waals surface area contributed by atoms with E-state index in [1.54, 1.807) is 0 Å². The fourth-order valence-electron chi connectivity index (χ4n) is 3.22. The molecule has 0 radical (unpaired) electrons. The molecular formula is C22H43NO3. The molecule has 0 aliphatic carbocycles. The van der Waals surface area contributed by atoms with Gasteiger partial charge in [-0.1, -0.05) is 85.0 Å². The Bertz CT molecular complexity index is 344. The molecule has 154 valence electrons. The topological polar surface area (TPSA) is 55.4 Å². The second-order valence-electron chi connectivity index (χ2n) is 8.04. The first-order valence-corrected chi connectivity index (χ1v) is 10.9. The van der Waals surface area contributed by atoms with Gasteiger partial charge in [0.25, 0.3) is 0 Å². The zero-order chi connectivity index (χ0) is 19.6. The number of unbranched alkanes of at least 4 members (excludes halogenated alkanes) is 10. The molecule has 0 saturated carbocycles. The summed E-state index contributed by atoms with van der Waals surface area (Å²) in [7, 11) is 0. The Balaban J connectivity index is 3.65. The average Bonchev–Trinajstić information content (AvgIpc) is 2.58. The summed E-state index contributed by atoms with van der Waals surface area (Å²) in [6.45, 7) is 8.26. The smallest absolute Gasteiger partial charge is 0.328 e. The molecule has 0 aromatic rings. The van der Waals surface area contributed by atoms with Crippen LogP contribution >= 0.6 is 0 Å². The highest BCUT2D eigenvalue weighted by Crippen LogP contribution is 2.14. The SMILES string of the molecule is CCCCCCCCCCCCC[C@@H](C)OC(=O)[C@H](CC(C)C)NC=O. The number of amides is 1. The van der Waals surface area contributed by atoms with Crippen molar-refractivity contribution in [2.45, 2.75) is 123 Å². The van der Waals surface area contributed by atoms with Gasteiger partial charge in [-0.15, -0.1) is 0 Å². The summed E-state index contributed by atoms with van der Waals surface area (Å²) in [4.78, 5) is 22.8. The molecule has 0 aliphatic heterocycles. The van der Waals surface area contributed by atoms with Gasteiger partial charge in [0.15, 0.2) is 0 Å². The third-order valence-electron chi connectivity index (χ3n) is 4.79. The third kappa shape index (κ3) is 15.2. The summed E-state index contributed by atoms with van der Waals surface area (Å²) in [6.07, 6.45) is 16.5. The van der Waals surface area contributed by atoms with Gasteiger partial charge in [-0.25, -0.2) is 4.79 Å². The molecule has 2 atom stereocenters. The predicted molar refractivity (Wildman–Crippen MR) is 109 cm³/mol. The second kappa shape index (κ2) is 17.4. The van der Waals surface area contributed by atoms with Crippen molar-refractivity contribution < 1.29 is 14.3 Å². The molecule has 1 N–H and O–H groups in total. The highest BCUT2D eigenvalue weighted by molar-refractivity contribution is 5.78. The van der Waals surface area contributed by atoms with E-state index in [0.717, 1.165) is 12.8 Å². The highest BCUT2D eigenvalue weighted by atomic mass is 16.5. The number of esters is 1. The monoisotopic (exact) mass is 369 g/mol. The maximum Gasteiger partial charge on any atom is 0.328 e. The van der Waals surface area contributed by atoms with E-state index < -0.39 is 6.04 Å². The van der Waals surface area contributed by atoms with Crippen molar-refractivity contribution in [2.75, 3.05) is 0 Å². The van der Waals surface area contributed by atoms with Gasteiger partial charge < -0.3 is 10.1 Å². The van der Waals surface area contributed by atoms with Crippen molar-refractivity contribution in [2.24, 2.45) is 5.92 Å². The molecule has 0 unspecified atom stereocenters. The van der Waals surface area contributed by atoms with E-state index in [9.17, 15) is 9.59 Å². The van der Waals surface area contributed by atoms with Gasteiger partial charge in [0.05, 0.1) is 6.10 Å². The van der Waals surface area contributed by atoms with Gasteiger partial charge >= 0.3 is 5.97 Å². The number of carbonyl (C=O) groups excluding carboxylic acids is 2. The molecule has 1 amide bonds. The van der Waals surface area contributed by atoms with Gasteiger partial charge in [-0.3, -0.25) is 4.79 Å². The Labute approximate surface area is 161 Å². The fraction of sp³-hybridized carbons (Fsp3) is 0.909. The normalized spacial score (nSPS) is 13.4. The highest BCUT2D eigenvalue weighted by Gasteiger charge is 2.22. The maximum atomic E-state index is 12.1. The Morgan fingerprint density at radius 1 is 0.885 bits per heavy atom. The summed E-state index contributed by atoms with van der Waals surface area (Å²) < 4.78 is 5.50. The zero-order valence-electron chi connectivity index (χ0n) is 17.7. The minimum absolute atomic E-state index is 0.0795. The Kier molecular flexibility index (Phi) is 16.7. The van der Waals surface area contributed by atoms with Crippen molar-refractivity contribution in [1.82, 2.24) is 5.32 Å². The molecule has 0 aromatic carbocycles. The first-order valence-electron chi connectivity index (χ1n) is 10.9. The van der Waals surface area contributed by atoms with Crippen LogP contribution in [0.25, 0.3) is 0 Å². The van der Waals surface area contributed by atoms with Crippen molar-refractivity contribution in [3.05, 3.63) is 0 Å². The lowest BCUT2D eigenvalue weighted by Gasteiger charge is -2.20. The van der Waals surface area contributed by atoms with E-state index in [0.29, 0.717) is 18.7 Å². The molecular weight excluding hydrogens is 326 g/mol. The van der Waals surface area contributed by atoms with Crippen LogP contribution in [-0.4, -0.2) is 24.5 Å². The van der Waals surface area contributed by atoms with Gasteiger partial charge in [-0.2, -0.15) is 0 Å². The van der Waals surface area contributed by atoms with Crippen LogP contribution in [0.4, 0.5) is 0 Å². The molecule has 0 aliphatic rings. The van der Waals surface area contributed by atoms with Crippen molar-refractivity contribution in [1.29, 1.82) is 0 Å². The van der Waals surface area contributed by atoms with Gasteiger partial charge in [0, 0.05) is 0 Å². The molecule has 0 bridgehead atoms. The number of ether oxygens (including phenoxy) is 1. The maximum absolute atomic E-state index is 12.1. The lowest BCUT2D eigenvalue weighted by Crippen LogP contribution is -2.39. The molecule has 0 saturated heterocycles. The summed E-state index contributed by atoms with van der Waals surface area (Å²) >= 11 is 0. The van der Waals surface area contributed by atoms with Gasteiger partial charge in [0.1, 0.15) is 6.04 Å². The van der Waals surface area contributed by atoms with Crippen LogP contribution in [-0.2, 0) is 14.3 Å². The van der Waals surface area contributed by atoms with E-state index in [-0.39, 0.29) is 12.1 Å². The number of hydrogen-bond donors (Lipinski definition) is 1. The molecule has 4 heteroatoms. The van der Waals surface area contributed by atoms with Gasteiger partial charge in [0.2, 0.25) is 6.41 Å². The first-order chi connectivity index (χ1) is 12.5. The van der Waals surface area contributed by atoms with Gasteiger partial charge in [-0.05, 0) is 32.1 Å². The lowest BCUT2D eigenvalue weighted by molar-refractivity contribution is -0.152. The third-order valence-corrected chi connectivity index (χ3v) is 4.79. The van der Waals surface area contributed by atoms with E-state index in [2.05, 4.69) is 12.2 Å². The minimum atomic E-state index is -0.521. The van der Waals surface area contributed by atoms with Crippen LogP contribution < -0.4 is 5.32 Å². The number of nitrogens with one attached hydrogen (secondary N) is 1. The lowest BCUT2D eigenvalue weighted by atomic mass is 10.0. The largest absolute Gasteiger partial charge is 0.461 e. The summed E-state index contributed by atoms with van der Waals surface area (Å²) in [5.74, 6) is 0.0309. The second-order valence-corrected chi connectivity index (χ2v) is 8.04. The molecule has 26 heavy (non-hydrogen) atoms. The standard InChI is InChI=1S/C22H43NO3/c1-5-6-7-8-9-10-11-12-13-14-15-16-20(4)26-22(25)21(23-18-24)17-19(2)3/h18-21H,5-17H2,1-4H3,(H,23,24)/t20-,21+/m1/s1. The van der Waals surface area contributed by atoms with Crippen LogP contribution in [0.5, 0.6) is 0 Å². The number of carbonyl (C=O) groups is 2. The summed E-state index contributed by atoms with van der Waals surface area (Å²) in [5, 5.41) is 2.58. The van der Waals surface area contributed by atoms with Crippen molar-refractivity contribution >= 4 is 12.4 Å². The van der Waals surface area contributed by atoms with E-state index in [1.807, 2.05) is 20.8 Å². The molecule has 4 nitrogen and oxygen atoms in total.